The van der Waals surface area contributed by atoms with Crippen LogP contribution in [0.1, 0.15) is 38.8 Å². The van der Waals surface area contributed by atoms with Crippen LogP contribution < -0.4 is 5.73 Å². The molecule has 3 heteroatoms. The van der Waals surface area contributed by atoms with Crippen LogP contribution in [0.2, 0.25) is 0 Å². The first-order chi connectivity index (χ1) is 8.11. The van der Waals surface area contributed by atoms with Crippen LogP contribution in [0.25, 0.3) is 0 Å². The van der Waals surface area contributed by atoms with Crippen LogP contribution in [0.5, 0.6) is 0 Å². The van der Waals surface area contributed by atoms with Gasteiger partial charge in [0, 0.05) is 18.2 Å². The molecule has 1 aromatic rings. The fraction of sp³-hybridized carbons (Fsp3) is 0.571. The zero-order chi connectivity index (χ0) is 12.8. The van der Waals surface area contributed by atoms with Crippen molar-refractivity contribution in [2.45, 2.75) is 39.3 Å². The smallest absolute Gasteiger partial charge is 0.128 e. The Morgan fingerprint density at radius 3 is 2.41 bits per heavy atom. The topological polar surface area (TPSA) is 29.3 Å². The molecule has 1 rings (SSSR count). The maximum Gasteiger partial charge on any atom is 0.128 e. The lowest BCUT2D eigenvalue weighted by atomic mass is 10.0. The molecule has 1 aromatic carbocycles. The summed E-state index contributed by atoms with van der Waals surface area (Å²) >= 11 is 0. The van der Waals surface area contributed by atoms with Crippen molar-refractivity contribution in [3.8, 4) is 0 Å². The van der Waals surface area contributed by atoms with E-state index in [0.717, 1.165) is 13.0 Å². The molecule has 0 heterocycles. The maximum absolute atomic E-state index is 13.8. The lowest BCUT2D eigenvalue weighted by molar-refractivity contribution is 0.154. The molecule has 0 aliphatic rings. The van der Waals surface area contributed by atoms with E-state index < -0.39 is 0 Å². The quantitative estimate of drug-likeness (QED) is 0.825. The van der Waals surface area contributed by atoms with E-state index in [0.29, 0.717) is 18.2 Å². The zero-order valence-corrected chi connectivity index (χ0v) is 11.0. The molecule has 1 atom stereocenters. The SMILES string of the molecule is CCCN(C(C)C)C(CN)c1ccccc1F. The number of rotatable bonds is 6. The van der Waals surface area contributed by atoms with Gasteiger partial charge in [-0.2, -0.15) is 0 Å². The molecule has 0 bridgehead atoms. The van der Waals surface area contributed by atoms with Crippen molar-refractivity contribution in [1.82, 2.24) is 4.90 Å². The molecule has 0 saturated carbocycles. The summed E-state index contributed by atoms with van der Waals surface area (Å²) in [5, 5.41) is 0. The summed E-state index contributed by atoms with van der Waals surface area (Å²) in [5.74, 6) is -0.162. The number of halogens is 1. The molecular formula is C14H23FN2. The van der Waals surface area contributed by atoms with Crippen LogP contribution in [-0.4, -0.2) is 24.0 Å². The molecule has 0 spiro atoms. The van der Waals surface area contributed by atoms with Gasteiger partial charge < -0.3 is 5.73 Å². The van der Waals surface area contributed by atoms with Crippen LogP contribution in [0, 0.1) is 5.82 Å². The molecular weight excluding hydrogens is 215 g/mol. The Bertz CT molecular complexity index is 339. The second-order valence-corrected chi connectivity index (χ2v) is 4.60. The van der Waals surface area contributed by atoms with Crippen molar-refractivity contribution in [3.05, 3.63) is 35.6 Å². The lowest BCUT2D eigenvalue weighted by Gasteiger charge is -2.34. The van der Waals surface area contributed by atoms with Crippen LogP contribution in [-0.2, 0) is 0 Å². The Hall–Kier alpha value is -0.930. The van der Waals surface area contributed by atoms with E-state index in [9.17, 15) is 4.39 Å². The van der Waals surface area contributed by atoms with Crippen LogP contribution in [0.15, 0.2) is 24.3 Å². The third-order valence-electron chi connectivity index (χ3n) is 3.03. The summed E-state index contributed by atoms with van der Waals surface area (Å²) in [6.07, 6.45) is 1.04. The second kappa shape index (κ2) is 6.72. The Morgan fingerprint density at radius 2 is 1.94 bits per heavy atom. The molecule has 17 heavy (non-hydrogen) atoms. The van der Waals surface area contributed by atoms with Crippen molar-refractivity contribution < 1.29 is 4.39 Å². The van der Waals surface area contributed by atoms with Gasteiger partial charge in [0.15, 0.2) is 0 Å². The average Bonchev–Trinajstić information content (AvgIpc) is 2.31. The number of hydrogen-bond acceptors (Lipinski definition) is 2. The molecule has 2 N–H and O–H groups in total. The third-order valence-corrected chi connectivity index (χ3v) is 3.03. The standard InChI is InChI=1S/C14H23FN2/c1-4-9-17(11(2)3)14(10-16)12-7-5-6-8-13(12)15/h5-8,11,14H,4,9-10,16H2,1-3H3. The Balaban J connectivity index is 3.00. The molecule has 96 valence electrons. The highest BCUT2D eigenvalue weighted by molar-refractivity contribution is 5.21. The summed E-state index contributed by atoms with van der Waals surface area (Å²) in [6.45, 7) is 7.76. The average molecular weight is 238 g/mol. The maximum atomic E-state index is 13.8. The minimum absolute atomic E-state index is 0.0313. The van der Waals surface area contributed by atoms with Gasteiger partial charge in [-0.15, -0.1) is 0 Å². The Labute approximate surface area is 104 Å². The monoisotopic (exact) mass is 238 g/mol. The highest BCUT2D eigenvalue weighted by Crippen LogP contribution is 2.24. The molecule has 2 nitrogen and oxygen atoms in total. The van der Waals surface area contributed by atoms with Gasteiger partial charge in [-0.3, -0.25) is 4.90 Å². The van der Waals surface area contributed by atoms with Gasteiger partial charge in [-0.05, 0) is 32.9 Å². The molecule has 0 fully saturated rings. The highest BCUT2D eigenvalue weighted by atomic mass is 19.1. The summed E-state index contributed by atoms with van der Waals surface area (Å²) in [5.41, 5.74) is 6.54. The predicted octanol–water partition coefficient (Wildman–Crippen LogP) is 2.95. The first-order valence-electron chi connectivity index (χ1n) is 6.32. The van der Waals surface area contributed by atoms with Crippen molar-refractivity contribution >= 4 is 0 Å². The van der Waals surface area contributed by atoms with E-state index >= 15 is 0 Å². The summed E-state index contributed by atoms with van der Waals surface area (Å²) in [6, 6.07) is 7.25. The number of nitrogens with two attached hydrogens (primary N) is 1. The van der Waals surface area contributed by atoms with Crippen molar-refractivity contribution in [3.63, 3.8) is 0 Å². The highest BCUT2D eigenvalue weighted by Gasteiger charge is 2.23. The third kappa shape index (κ3) is 3.51. The van der Waals surface area contributed by atoms with Gasteiger partial charge in [-0.25, -0.2) is 4.39 Å². The molecule has 0 amide bonds. The van der Waals surface area contributed by atoms with Crippen molar-refractivity contribution in [2.24, 2.45) is 5.73 Å². The summed E-state index contributed by atoms with van der Waals surface area (Å²) in [4.78, 5) is 2.26. The lowest BCUT2D eigenvalue weighted by Crippen LogP contribution is -2.39. The Morgan fingerprint density at radius 1 is 1.29 bits per heavy atom. The van der Waals surface area contributed by atoms with Gasteiger partial charge in [-0.1, -0.05) is 25.1 Å². The largest absolute Gasteiger partial charge is 0.329 e. The first kappa shape index (κ1) is 14.1. The minimum Gasteiger partial charge on any atom is -0.329 e. The van der Waals surface area contributed by atoms with Gasteiger partial charge in [0.25, 0.3) is 0 Å². The number of hydrogen-bond donors (Lipinski definition) is 1. The minimum atomic E-state index is -0.162. The molecule has 0 aliphatic carbocycles. The fourth-order valence-electron chi connectivity index (χ4n) is 2.22. The van der Waals surface area contributed by atoms with Gasteiger partial charge in [0.2, 0.25) is 0 Å². The molecule has 0 radical (unpaired) electrons. The van der Waals surface area contributed by atoms with Crippen LogP contribution >= 0.6 is 0 Å². The first-order valence-corrected chi connectivity index (χ1v) is 6.32. The Kier molecular flexibility index (Phi) is 5.59. The zero-order valence-electron chi connectivity index (χ0n) is 11.0. The van der Waals surface area contributed by atoms with E-state index in [1.165, 1.54) is 6.07 Å². The van der Waals surface area contributed by atoms with E-state index in [-0.39, 0.29) is 11.9 Å². The molecule has 0 aliphatic heterocycles. The van der Waals surface area contributed by atoms with Crippen molar-refractivity contribution in [1.29, 1.82) is 0 Å². The number of nitrogens with zero attached hydrogens (tertiary/aromatic N) is 1. The fourth-order valence-corrected chi connectivity index (χ4v) is 2.22. The van der Waals surface area contributed by atoms with Crippen LogP contribution in [0.4, 0.5) is 4.39 Å². The summed E-state index contributed by atoms with van der Waals surface area (Å²) in [7, 11) is 0. The van der Waals surface area contributed by atoms with Gasteiger partial charge in [0.1, 0.15) is 5.82 Å². The molecule has 0 aromatic heterocycles. The van der Waals surface area contributed by atoms with E-state index in [2.05, 4.69) is 25.7 Å². The second-order valence-electron chi connectivity index (χ2n) is 4.60. The van der Waals surface area contributed by atoms with E-state index in [1.54, 1.807) is 6.07 Å². The predicted molar refractivity (Wildman–Crippen MR) is 70.3 cm³/mol. The molecule has 0 saturated heterocycles. The normalized spacial score (nSPS) is 13.4. The van der Waals surface area contributed by atoms with Gasteiger partial charge in [0.05, 0.1) is 6.04 Å². The molecule has 1 unspecified atom stereocenters. The summed E-state index contributed by atoms with van der Waals surface area (Å²) < 4.78 is 13.8. The van der Waals surface area contributed by atoms with E-state index in [1.807, 2.05) is 12.1 Å². The number of benzene rings is 1. The van der Waals surface area contributed by atoms with Crippen LogP contribution in [0.3, 0.4) is 0 Å². The van der Waals surface area contributed by atoms with Gasteiger partial charge >= 0.3 is 0 Å². The van der Waals surface area contributed by atoms with E-state index in [4.69, 9.17) is 5.73 Å². The van der Waals surface area contributed by atoms with Crippen molar-refractivity contribution in [2.75, 3.05) is 13.1 Å².